The van der Waals surface area contributed by atoms with Crippen molar-refractivity contribution in [1.29, 1.82) is 0 Å². The Balaban J connectivity index is 3.35. The monoisotopic (exact) mass is 334 g/mol. The second kappa shape index (κ2) is 9.45. The van der Waals surface area contributed by atoms with Gasteiger partial charge in [0.15, 0.2) is 0 Å². The fourth-order valence-electron chi connectivity index (χ4n) is 3.20. The van der Waals surface area contributed by atoms with Gasteiger partial charge in [0.1, 0.15) is 0 Å². The van der Waals surface area contributed by atoms with E-state index in [4.69, 9.17) is 0 Å². The molecule has 0 aliphatic rings. The Labute approximate surface area is 144 Å². The van der Waals surface area contributed by atoms with E-state index in [0.717, 1.165) is 37.7 Å². The molecule has 4 nitrogen and oxygen atoms in total. The van der Waals surface area contributed by atoms with Gasteiger partial charge in [-0.1, -0.05) is 59.4 Å². The van der Waals surface area contributed by atoms with Crippen molar-refractivity contribution in [2.45, 2.75) is 66.2 Å². The number of aromatic carboxylic acids is 2. The molecular formula is C20H30O4. The van der Waals surface area contributed by atoms with E-state index in [2.05, 4.69) is 13.8 Å². The van der Waals surface area contributed by atoms with E-state index < -0.39 is 11.9 Å². The quantitative estimate of drug-likeness (QED) is 0.628. The maximum absolute atomic E-state index is 11.7. The van der Waals surface area contributed by atoms with Crippen LogP contribution in [-0.4, -0.2) is 22.2 Å². The van der Waals surface area contributed by atoms with Crippen LogP contribution in [0.5, 0.6) is 0 Å². The highest BCUT2D eigenvalue weighted by molar-refractivity contribution is 6.03. The second-order valence-corrected chi connectivity index (χ2v) is 6.95. The van der Waals surface area contributed by atoms with Crippen LogP contribution in [-0.2, 0) is 12.8 Å². The molecule has 0 heterocycles. The van der Waals surface area contributed by atoms with E-state index in [1.54, 1.807) is 0 Å². The van der Waals surface area contributed by atoms with E-state index in [-0.39, 0.29) is 17.0 Å². The summed E-state index contributed by atoms with van der Waals surface area (Å²) in [7, 11) is 0. The molecule has 0 aliphatic heterocycles. The first-order valence-corrected chi connectivity index (χ1v) is 8.93. The van der Waals surface area contributed by atoms with Crippen LogP contribution in [0.4, 0.5) is 0 Å². The minimum atomic E-state index is -1.18. The number of unbranched alkanes of at least 4 members (excludes halogenated alkanes) is 1. The Hall–Kier alpha value is -1.84. The molecule has 0 fully saturated rings. The van der Waals surface area contributed by atoms with Crippen molar-refractivity contribution in [3.8, 4) is 0 Å². The molecule has 1 aromatic rings. The maximum atomic E-state index is 11.7. The summed E-state index contributed by atoms with van der Waals surface area (Å²) in [5.41, 5.74) is 1.56. The van der Waals surface area contributed by atoms with Gasteiger partial charge in [-0.3, -0.25) is 0 Å². The van der Waals surface area contributed by atoms with Gasteiger partial charge in [-0.05, 0) is 41.9 Å². The van der Waals surface area contributed by atoms with Gasteiger partial charge in [0.05, 0.1) is 11.1 Å². The van der Waals surface area contributed by atoms with Crippen molar-refractivity contribution in [3.05, 3.63) is 34.4 Å². The van der Waals surface area contributed by atoms with E-state index in [0.29, 0.717) is 17.9 Å². The molecule has 0 radical (unpaired) electrons. The molecule has 2 N–H and O–H groups in total. The van der Waals surface area contributed by atoms with E-state index in [9.17, 15) is 19.8 Å². The zero-order valence-electron chi connectivity index (χ0n) is 15.3. The highest BCUT2D eigenvalue weighted by atomic mass is 16.4. The summed E-state index contributed by atoms with van der Waals surface area (Å²) in [5.74, 6) is -1.55. The molecular weight excluding hydrogens is 304 g/mol. The van der Waals surface area contributed by atoms with Crippen LogP contribution in [0.25, 0.3) is 0 Å². The van der Waals surface area contributed by atoms with Gasteiger partial charge in [-0.15, -0.1) is 0 Å². The average molecular weight is 334 g/mol. The van der Waals surface area contributed by atoms with Crippen molar-refractivity contribution in [1.82, 2.24) is 0 Å². The molecule has 0 spiro atoms. The number of hydrogen-bond acceptors (Lipinski definition) is 2. The lowest BCUT2D eigenvalue weighted by Crippen LogP contribution is -2.16. The molecule has 0 saturated carbocycles. The molecule has 0 bridgehead atoms. The fourth-order valence-corrected chi connectivity index (χ4v) is 3.20. The normalized spacial score (nSPS) is 12.4. The number of hydrogen-bond donors (Lipinski definition) is 2. The Bertz CT molecular complexity index is 575. The molecule has 0 amide bonds. The first-order chi connectivity index (χ1) is 11.3. The van der Waals surface area contributed by atoms with E-state index >= 15 is 0 Å². The van der Waals surface area contributed by atoms with Crippen molar-refractivity contribution in [2.24, 2.45) is 11.8 Å². The number of benzene rings is 1. The number of carboxylic acid groups (broad SMARTS) is 2. The first kappa shape index (κ1) is 20.2. The summed E-state index contributed by atoms with van der Waals surface area (Å²) in [6.45, 7) is 8.38. The summed E-state index contributed by atoms with van der Waals surface area (Å²) in [6.07, 6.45) is 5.88. The third-order valence-corrected chi connectivity index (χ3v) is 4.52. The minimum absolute atomic E-state index is 0.0287. The van der Waals surface area contributed by atoms with Gasteiger partial charge in [0, 0.05) is 0 Å². The summed E-state index contributed by atoms with van der Waals surface area (Å²) >= 11 is 0. The third kappa shape index (κ3) is 5.36. The molecule has 1 unspecified atom stereocenters. The highest BCUT2D eigenvalue weighted by Crippen LogP contribution is 2.27. The van der Waals surface area contributed by atoms with Crippen LogP contribution >= 0.6 is 0 Å². The van der Waals surface area contributed by atoms with Crippen molar-refractivity contribution < 1.29 is 19.8 Å². The fraction of sp³-hybridized carbons (Fsp3) is 0.600. The molecule has 24 heavy (non-hydrogen) atoms. The minimum Gasteiger partial charge on any atom is -0.478 e. The maximum Gasteiger partial charge on any atom is 0.336 e. The van der Waals surface area contributed by atoms with Gasteiger partial charge in [0.2, 0.25) is 0 Å². The molecule has 4 heteroatoms. The predicted octanol–water partition coefficient (Wildman–Crippen LogP) is 5.04. The van der Waals surface area contributed by atoms with Gasteiger partial charge in [-0.25, -0.2) is 9.59 Å². The summed E-state index contributed by atoms with van der Waals surface area (Å²) in [4.78, 5) is 23.2. The molecule has 0 aromatic heterocycles. The summed E-state index contributed by atoms with van der Waals surface area (Å²) in [6, 6.07) is 3.28. The van der Waals surface area contributed by atoms with Crippen LogP contribution in [0.3, 0.4) is 0 Å². The lowest BCUT2D eigenvalue weighted by Gasteiger charge is -2.20. The van der Waals surface area contributed by atoms with Gasteiger partial charge < -0.3 is 10.2 Å². The van der Waals surface area contributed by atoms with Crippen molar-refractivity contribution in [2.75, 3.05) is 0 Å². The van der Waals surface area contributed by atoms with Crippen LogP contribution in [0.15, 0.2) is 12.1 Å². The van der Waals surface area contributed by atoms with Crippen LogP contribution in [0, 0.1) is 11.8 Å². The Morgan fingerprint density at radius 1 is 1.04 bits per heavy atom. The molecule has 0 aliphatic carbocycles. The molecule has 1 atom stereocenters. The Morgan fingerprint density at radius 3 is 2.17 bits per heavy atom. The van der Waals surface area contributed by atoms with E-state index in [1.165, 1.54) is 6.07 Å². The standard InChI is InChI=1S/C20H30O4/c1-5-7-8-14(6-2)12-15-9-10-16(19(21)22)18(20(23)24)17(15)11-13(3)4/h9-10,13-14H,5-8,11-12H2,1-4H3,(H,21,22)(H,23,24). The molecule has 134 valence electrons. The zero-order valence-corrected chi connectivity index (χ0v) is 15.3. The van der Waals surface area contributed by atoms with Crippen molar-refractivity contribution >= 4 is 11.9 Å². The van der Waals surface area contributed by atoms with Crippen LogP contribution in [0.2, 0.25) is 0 Å². The lowest BCUT2D eigenvalue weighted by atomic mass is 9.84. The smallest absolute Gasteiger partial charge is 0.336 e. The molecule has 1 rings (SSSR count). The molecule has 1 aromatic carbocycles. The third-order valence-electron chi connectivity index (χ3n) is 4.52. The van der Waals surface area contributed by atoms with Gasteiger partial charge in [0.25, 0.3) is 0 Å². The predicted molar refractivity (Wildman–Crippen MR) is 95.9 cm³/mol. The summed E-state index contributed by atoms with van der Waals surface area (Å²) < 4.78 is 0. The van der Waals surface area contributed by atoms with Crippen LogP contribution in [0.1, 0.15) is 85.2 Å². The lowest BCUT2D eigenvalue weighted by molar-refractivity contribution is 0.0650. The number of carbonyl (C=O) groups is 2. The first-order valence-electron chi connectivity index (χ1n) is 8.93. The van der Waals surface area contributed by atoms with Gasteiger partial charge in [-0.2, -0.15) is 0 Å². The number of rotatable bonds is 10. The summed E-state index contributed by atoms with van der Waals surface area (Å²) in [5, 5.41) is 18.9. The SMILES string of the molecule is CCCCC(CC)Cc1ccc(C(=O)O)c(C(=O)O)c1CC(C)C. The van der Waals surface area contributed by atoms with Crippen molar-refractivity contribution in [3.63, 3.8) is 0 Å². The molecule has 0 saturated heterocycles. The topological polar surface area (TPSA) is 74.6 Å². The van der Waals surface area contributed by atoms with Crippen LogP contribution < -0.4 is 0 Å². The highest BCUT2D eigenvalue weighted by Gasteiger charge is 2.24. The zero-order chi connectivity index (χ0) is 18.3. The Kier molecular flexibility index (Phi) is 7.96. The average Bonchev–Trinajstić information content (AvgIpc) is 2.51. The van der Waals surface area contributed by atoms with Gasteiger partial charge >= 0.3 is 11.9 Å². The van der Waals surface area contributed by atoms with E-state index in [1.807, 2.05) is 19.9 Å². The largest absolute Gasteiger partial charge is 0.478 e. The number of carboxylic acids is 2. The second-order valence-electron chi connectivity index (χ2n) is 6.95. The Morgan fingerprint density at radius 2 is 1.71 bits per heavy atom.